The normalized spacial score (nSPS) is 10.2. The van der Waals surface area contributed by atoms with E-state index in [-0.39, 0.29) is 17.9 Å². The van der Waals surface area contributed by atoms with Gasteiger partial charge in [0, 0.05) is 10.2 Å². The van der Waals surface area contributed by atoms with Crippen LogP contribution in [0, 0.1) is 5.82 Å². The maximum Gasteiger partial charge on any atom is 0.341 e. The van der Waals surface area contributed by atoms with Crippen molar-refractivity contribution in [3.05, 3.63) is 63.9 Å². The first-order chi connectivity index (χ1) is 9.06. The highest BCUT2D eigenvalue weighted by Crippen LogP contribution is 2.15. The van der Waals surface area contributed by atoms with Gasteiger partial charge in [-0.05, 0) is 35.9 Å². The molecule has 5 heteroatoms. The molecule has 0 saturated carbocycles. The summed E-state index contributed by atoms with van der Waals surface area (Å²) in [6, 6.07) is 11.2. The number of halogens is 2. The van der Waals surface area contributed by atoms with Crippen molar-refractivity contribution in [2.75, 3.05) is 5.73 Å². The summed E-state index contributed by atoms with van der Waals surface area (Å²) in [5, 5.41) is 0. The molecule has 2 aromatic carbocycles. The second-order valence-electron chi connectivity index (χ2n) is 3.95. The minimum atomic E-state index is -0.711. The first-order valence-electron chi connectivity index (χ1n) is 5.53. The fourth-order valence-electron chi connectivity index (χ4n) is 1.55. The monoisotopic (exact) mass is 323 g/mol. The Morgan fingerprint density at radius 3 is 2.74 bits per heavy atom. The Labute approximate surface area is 118 Å². The number of nitrogens with two attached hydrogens (primary N) is 1. The Morgan fingerprint density at radius 1 is 1.26 bits per heavy atom. The molecule has 0 heterocycles. The van der Waals surface area contributed by atoms with Crippen LogP contribution in [-0.2, 0) is 11.3 Å². The van der Waals surface area contributed by atoms with Crippen molar-refractivity contribution in [3.8, 4) is 0 Å². The Kier molecular flexibility index (Phi) is 4.16. The second-order valence-corrected chi connectivity index (χ2v) is 4.86. The van der Waals surface area contributed by atoms with Crippen LogP contribution in [0.4, 0.5) is 10.1 Å². The highest BCUT2D eigenvalue weighted by molar-refractivity contribution is 9.10. The molecule has 0 bridgehead atoms. The van der Waals surface area contributed by atoms with E-state index < -0.39 is 11.8 Å². The fraction of sp³-hybridized carbons (Fsp3) is 0.0714. The first kappa shape index (κ1) is 13.5. The summed E-state index contributed by atoms with van der Waals surface area (Å²) in [5.74, 6) is -1.39. The zero-order chi connectivity index (χ0) is 13.8. The molecule has 98 valence electrons. The lowest BCUT2D eigenvalue weighted by molar-refractivity contribution is 0.0467. The first-order valence-corrected chi connectivity index (χ1v) is 6.32. The average molecular weight is 324 g/mol. The number of carbonyl (C=O) groups is 1. The van der Waals surface area contributed by atoms with Crippen LogP contribution in [0.2, 0.25) is 0 Å². The summed E-state index contributed by atoms with van der Waals surface area (Å²) in [4.78, 5) is 11.7. The predicted molar refractivity (Wildman–Crippen MR) is 74.1 cm³/mol. The lowest BCUT2D eigenvalue weighted by atomic mass is 10.2. The number of nitrogen functional groups attached to an aromatic ring is 1. The van der Waals surface area contributed by atoms with Gasteiger partial charge in [0.15, 0.2) is 0 Å². The molecule has 3 nitrogen and oxygen atoms in total. The van der Waals surface area contributed by atoms with Crippen LogP contribution in [0.1, 0.15) is 15.9 Å². The Morgan fingerprint density at radius 2 is 2.05 bits per heavy atom. The number of hydrogen-bond donors (Lipinski definition) is 1. The van der Waals surface area contributed by atoms with Crippen molar-refractivity contribution in [2.24, 2.45) is 0 Å². The van der Waals surface area contributed by atoms with Gasteiger partial charge in [-0.2, -0.15) is 0 Å². The molecule has 2 aromatic rings. The van der Waals surface area contributed by atoms with Gasteiger partial charge in [-0.25, -0.2) is 9.18 Å². The topological polar surface area (TPSA) is 52.3 Å². The molecule has 0 aromatic heterocycles. The van der Waals surface area contributed by atoms with Gasteiger partial charge in [0.25, 0.3) is 0 Å². The molecule has 0 spiro atoms. The average Bonchev–Trinajstić information content (AvgIpc) is 2.36. The van der Waals surface area contributed by atoms with Crippen LogP contribution in [-0.4, -0.2) is 5.97 Å². The van der Waals surface area contributed by atoms with Gasteiger partial charge in [-0.1, -0.05) is 28.1 Å². The van der Waals surface area contributed by atoms with Gasteiger partial charge in [-0.15, -0.1) is 0 Å². The molecule has 0 radical (unpaired) electrons. The molecule has 0 aliphatic heterocycles. The summed E-state index contributed by atoms with van der Waals surface area (Å²) in [6.45, 7) is 0.0854. The number of benzene rings is 2. The molecule has 2 N–H and O–H groups in total. The SMILES string of the molecule is Nc1ccc(C(=O)OCc2cccc(Br)c2)c(F)c1. The lowest BCUT2D eigenvalue weighted by Gasteiger charge is -2.06. The molecule has 0 aliphatic carbocycles. The summed E-state index contributed by atoms with van der Waals surface area (Å²) in [5.41, 5.74) is 6.37. The van der Waals surface area contributed by atoms with Crippen molar-refractivity contribution >= 4 is 27.6 Å². The van der Waals surface area contributed by atoms with E-state index in [1.54, 1.807) is 0 Å². The number of esters is 1. The number of carbonyl (C=O) groups excluding carboxylic acids is 1. The molecule has 0 saturated heterocycles. The molecule has 0 amide bonds. The maximum absolute atomic E-state index is 13.5. The molecule has 2 rings (SSSR count). The second kappa shape index (κ2) is 5.84. The van der Waals surface area contributed by atoms with Crippen LogP contribution in [0.25, 0.3) is 0 Å². The van der Waals surface area contributed by atoms with E-state index in [0.717, 1.165) is 16.1 Å². The smallest absolute Gasteiger partial charge is 0.341 e. The minimum absolute atomic E-state index is 0.0854. The minimum Gasteiger partial charge on any atom is -0.457 e. The van der Waals surface area contributed by atoms with E-state index in [2.05, 4.69) is 15.9 Å². The Bertz CT molecular complexity index is 616. The van der Waals surface area contributed by atoms with Gasteiger partial charge in [0.1, 0.15) is 12.4 Å². The van der Waals surface area contributed by atoms with Gasteiger partial charge in [-0.3, -0.25) is 0 Å². The van der Waals surface area contributed by atoms with Gasteiger partial charge < -0.3 is 10.5 Å². The largest absolute Gasteiger partial charge is 0.457 e. The lowest BCUT2D eigenvalue weighted by Crippen LogP contribution is -2.08. The predicted octanol–water partition coefficient (Wildman–Crippen LogP) is 3.53. The van der Waals surface area contributed by atoms with Crippen molar-refractivity contribution < 1.29 is 13.9 Å². The number of hydrogen-bond acceptors (Lipinski definition) is 3. The van der Waals surface area contributed by atoms with Crippen LogP contribution in [0.3, 0.4) is 0 Å². The molecule has 0 aliphatic rings. The number of rotatable bonds is 3. The Balaban J connectivity index is 2.05. The van der Waals surface area contributed by atoms with E-state index in [4.69, 9.17) is 10.5 Å². The zero-order valence-corrected chi connectivity index (χ0v) is 11.5. The third-order valence-electron chi connectivity index (χ3n) is 2.47. The number of anilines is 1. The summed E-state index contributed by atoms with van der Waals surface area (Å²) in [6.07, 6.45) is 0. The van der Waals surface area contributed by atoms with Gasteiger partial charge in [0.05, 0.1) is 5.56 Å². The standard InChI is InChI=1S/C14H11BrFNO2/c15-10-3-1-2-9(6-10)8-19-14(18)12-5-4-11(17)7-13(12)16/h1-7H,8,17H2. The van der Waals surface area contributed by atoms with E-state index in [1.807, 2.05) is 24.3 Å². The van der Waals surface area contributed by atoms with E-state index in [9.17, 15) is 9.18 Å². The van der Waals surface area contributed by atoms with Crippen molar-refractivity contribution in [1.82, 2.24) is 0 Å². The highest BCUT2D eigenvalue weighted by atomic mass is 79.9. The number of ether oxygens (including phenoxy) is 1. The summed E-state index contributed by atoms with van der Waals surface area (Å²) >= 11 is 3.32. The molecule has 0 unspecified atom stereocenters. The summed E-state index contributed by atoms with van der Waals surface area (Å²) in [7, 11) is 0. The highest BCUT2D eigenvalue weighted by Gasteiger charge is 2.13. The van der Waals surface area contributed by atoms with Crippen LogP contribution >= 0.6 is 15.9 Å². The van der Waals surface area contributed by atoms with Crippen LogP contribution in [0.5, 0.6) is 0 Å². The molecule has 0 atom stereocenters. The van der Waals surface area contributed by atoms with Crippen LogP contribution < -0.4 is 5.73 Å². The summed E-state index contributed by atoms with van der Waals surface area (Å²) < 4.78 is 19.4. The van der Waals surface area contributed by atoms with Crippen molar-refractivity contribution in [3.63, 3.8) is 0 Å². The van der Waals surface area contributed by atoms with Crippen LogP contribution in [0.15, 0.2) is 46.9 Å². The molecular formula is C14H11BrFNO2. The zero-order valence-electron chi connectivity index (χ0n) is 9.90. The third kappa shape index (κ3) is 3.54. The Hall–Kier alpha value is -1.88. The van der Waals surface area contributed by atoms with E-state index in [0.29, 0.717) is 0 Å². The quantitative estimate of drug-likeness (QED) is 0.694. The fourth-order valence-corrected chi connectivity index (χ4v) is 2.00. The van der Waals surface area contributed by atoms with Gasteiger partial charge in [0.2, 0.25) is 0 Å². The van der Waals surface area contributed by atoms with E-state index in [1.165, 1.54) is 12.1 Å². The van der Waals surface area contributed by atoms with Gasteiger partial charge >= 0.3 is 5.97 Å². The van der Waals surface area contributed by atoms with Crippen molar-refractivity contribution in [1.29, 1.82) is 0 Å². The van der Waals surface area contributed by atoms with E-state index >= 15 is 0 Å². The molecule has 0 fully saturated rings. The molecular weight excluding hydrogens is 313 g/mol. The third-order valence-corrected chi connectivity index (χ3v) is 2.97. The maximum atomic E-state index is 13.5. The van der Waals surface area contributed by atoms with Crippen molar-refractivity contribution in [2.45, 2.75) is 6.61 Å². The molecule has 19 heavy (non-hydrogen) atoms.